The van der Waals surface area contributed by atoms with Crippen molar-refractivity contribution in [2.45, 2.75) is 26.3 Å². The van der Waals surface area contributed by atoms with Gasteiger partial charge in [0.1, 0.15) is 5.82 Å². The van der Waals surface area contributed by atoms with E-state index in [1.807, 2.05) is 0 Å². The predicted molar refractivity (Wildman–Crippen MR) is 77.0 cm³/mol. The molecule has 0 radical (unpaired) electrons. The number of rotatable bonds is 8. The smallest absolute Gasteiger partial charge is 0.247 e. The number of aliphatic hydroxyl groups is 1. The highest BCUT2D eigenvalue weighted by molar-refractivity contribution is 5.51. The van der Waals surface area contributed by atoms with E-state index in [9.17, 15) is 4.39 Å². The van der Waals surface area contributed by atoms with E-state index in [1.165, 1.54) is 12.1 Å². The number of benzene rings is 1. The Morgan fingerprint density at radius 1 is 1.19 bits per heavy atom. The molecule has 0 spiro atoms. The Morgan fingerprint density at radius 3 is 2.62 bits per heavy atom. The molecule has 2 aromatic rings. The number of nitrogens with zero attached hydrogens (tertiary/aromatic N) is 3. The van der Waals surface area contributed by atoms with Crippen LogP contribution in [0, 0.1) is 5.82 Å². The molecule has 0 saturated carbocycles. The van der Waals surface area contributed by atoms with Gasteiger partial charge in [-0.15, -0.1) is 10.2 Å². The van der Waals surface area contributed by atoms with E-state index in [2.05, 4.69) is 22.0 Å². The van der Waals surface area contributed by atoms with Gasteiger partial charge in [-0.05, 0) is 37.2 Å². The van der Waals surface area contributed by atoms with E-state index in [0.717, 1.165) is 19.4 Å². The standard InChI is InChI=1S/C15H20FN3O2/c1-2-3-8-19(9-10-20)11-14-17-18-15(21-14)12-4-6-13(16)7-5-12/h4-7,20H,2-3,8-11H2,1H3. The summed E-state index contributed by atoms with van der Waals surface area (Å²) in [5, 5.41) is 17.1. The second-order valence-corrected chi connectivity index (χ2v) is 4.86. The molecule has 0 aliphatic carbocycles. The Labute approximate surface area is 123 Å². The lowest BCUT2D eigenvalue weighted by atomic mass is 10.2. The van der Waals surface area contributed by atoms with Crippen molar-refractivity contribution >= 4 is 0 Å². The topological polar surface area (TPSA) is 62.4 Å². The molecule has 6 heteroatoms. The minimum absolute atomic E-state index is 0.0999. The summed E-state index contributed by atoms with van der Waals surface area (Å²) in [4.78, 5) is 2.07. The molecular weight excluding hydrogens is 273 g/mol. The van der Waals surface area contributed by atoms with Crippen LogP contribution < -0.4 is 0 Å². The van der Waals surface area contributed by atoms with Gasteiger partial charge in [-0.1, -0.05) is 13.3 Å². The van der Waals surface area contributed by atoms with Crippen LogP contribution in [-0.2, 0) is 6.54 Å². The maximum atomic E-state index is 12.9. The third-order valence-corrected chi connectivity index (χ3v) is 3.16. The average molecular weight is 293 g/mol. The highest BCUT2D eigenvalue weighted by atomic mass is 19.1. The molecule has 5 nitrogen and oxygen atoms in total. The van der Waals surface area contributed by atoms with Crippen molar-refractivity contribution in [1.82, 2.24) is 15.1 Å². The number of hydrogen-bond acceptors (Lipinski definition) is 5. The summed E-state index contributed by atoms with van der Waals surface area (Å²) < 4.78 is 18.5. The summed E-state index contributed by atoms with van der Waals surface area (Å²) in [6.07, 6.45) is 2.14. The molecule has 1 aromatic heterocycles. The van der Waals surface area contributed by atoms with Gasteiger partial charge in [-0.3, -0.25) is 4.90 Å². The van der Waals surface area contributed by atoms with Crippen LogP contribution in [-0.4, -0.2) is 39.9 Å². The minimum atomic E-state index is -0.299. The van der Waals surface area contributed by atoms with Crippen LogP contribution in [0.3, 0.4) is 0 Å². The molecule has 21 heavy (non-hydrogen) atoms. The normalized spacial score (nSPS) is 11.2. The van der Waals surface area contributed by atoms with Crippen LogP contribution >= 0.6 is 0 Å². The molecule has 0 atom stereocenters. The Balaban J connectivity index is 2.02. The third kappa shape index (κ3) is 4.61. The van der Waals surface area contributed by atoms with Crippen molar-refractivity contribution in [2.24, 2.45) is 0 Å². The lowest BCUT2D eigenvalue weighted by molar-refractivity contribution is 0.177. The van der Waals surface area contributed by atoms with Crippen LogP contribution in [0.15, 0.2) is 28.7 Å². The SMILES string of the molecule is CCCCN(CCO)Cc1nnc(-c2ccc(F)cc2)o1. The summed E-state index contributed by atoms with van der Waals surface area (Å²) in [7, 11) is 0. The molecule has 0 bridgehead atoms. The molecule has 0 saturated heterocycles. The molecule has 0 aliphatic heterocycles. The zero-order chi connectivity index (χ0) is 15.1. The van der Waals surface area contributed by atoms with E-state index in [-0.39, 0.29) is 12.4 Å². The molecule has 0 unspecified atom stereocenters. The Bertz CT molecular complexity index is 542. The first-order valence-corrected chi connectivity index (χ1v) is 7.14. The van der Waals surface area contributed by atoms with Gasteiger partial charge in [0, 0.05) is 12.1 Å². The first kappa shape index (κ1) is 15.6. The summed E-state index contributed by atoms with van der Waals surface area (Å²) >= 11 is 0. The maximum Gasteiger partial charge on any atom is 0.247 e. The summed E-state index contributed by atoms with van der Waals surface area (Å²) in [6.45, 7) is 4.19. The van der Waals surface area contributed by atoms with Crippen molar-refractivity contribution in [3.05, 3.63) is 36.0 Å². The number of aromatic nitrogens is 2. The molecule has 1 N–H and O–H groups in total. The van der Waals surface area contributed by atoms with Crippen LogP contribution in [0.1, 0.15) is 25.7 Å². The molecular formula is C15H20FN3O2. The molecule has 1 aromatic carbocycles. The van der Waals surface area contributed by atoms with E-state index in [4.69, 9.17) is 9.52 Å². The lowest BCUT2D eigenvalue weighted by Crippen LogP contribution is -2.27. The number of hydrogen-bond donors (Lipinski definition) is 1. The second kappa shape index (κ2) is 7.85. The van der Waals surface area contributed by atoms with E-state index >= 15 is 0 Å². The first-order valence-electron chi connectivity index (χ1n) is 7.14. The van der Waals surface area contributed by atoms with Crippen molar-refractivity contribution in [3.63, 3.8) is 0 Å². The summed E-state index contributed by atoms with van der Waals surface area (Å²) in [6, 6.07) is 5.93. The van der Waals surface area contributed by atoms with Gasteiger partial charge in [0.2, 0.25) is 11.8 Å². The Kier molecular flexibility index (Phi) is 5.83. The van der Waals surface area contributed by atoms with Gasteiger partial charge in [-0.25, -0.2) is 4.39 Å². The number of unbranched alkanes of at least 4 members (excludes halogenated alkanes) is 1. The first-order chi connectivity index (χ1) is 10.2. The lowest BCUT2D eigenvalue weighted by Gasteiger charge is -2.18. The maximum absolute atomic E-state index is 12.9. The van der Waals surface area contributed by atoms with Crippen molar-refractivity contribution in [2.75, 3.05) is 19.7 Å². The van der Waals surface area contributed by atoms with Gasteiger partial charge in [0.05, 0.1) is 13.2 Å². The highest BCUT2D eigenvalue weighted by Crippen LogP contribution is 2.18. The molecule has 0 amide bonds. The molecule has 1 heterocycles. The average Bonchev–Trinajstić information content (AvgIpc) is 2.94. The van der Waals surface area contributed by atoms with Crippen LogP contribution in [0.2, 0.25) is 0 Å². The van der Waals surface area contributed by atoms with E-state index in [0.29, 0.717) is 30.4 Å². The number of aliphatic hydroxyl groups excluding tert-OH is 1. The zero-order valence-corrected chi connectivity index (χ0v) is 12.1. The summed E-state index contributed by atoms with van der Waals surface area (Å²) in [5.41, 5.74) is 0.692. The van der Waals surface area contributed by atoms with Crippen LogP contribution in [0.4, 0.5) is 4.39 Å². The van der Waals surface area contributed by atoms with Crippen molar-refractivity contribution in [1.29, 1.82) is 0 Å². The van der Waals surface area contributed by atoms with Gasteiger partial charge in [0.25, 0.3) is 0 Å². The monoisotopic (exact) mass is 293 g/mol. The van der Waals surface area contributed by atoms with Crippen molar-refractivity contribution < 1.29 is 13.9 Å². The second-order valence-electron chi connectivity index (χ2n) is 4.86. The molecule has 0 aliphatic rings. The molecule has 2 rings (SSSR count). The number of halogens is 1. The fourth-order valence-electron chi connectivity index (χ4n) is 2.01. The quantitative estimate of drug-likeness (QED) is 0.810. The third-order valence-electron chi connectivity index (χ3n) is 3.16. The fourth-order valence-corrected chi connectivity index (χ4v) is 2.01. The molecule has 0 fully saturated rings. The Hall–Kier alpha value is -1.79. The van der Waals surface area contributed by atoms with Gasteiger partial charge in [0.15, 0.2) is 0 Å². The fraction of sp³-hybridized carbons (Fsp3) is 0.467. The van der Waals surface area contributed by atoms with E-state index < -0.39 is 0 Å². The van der Waals surface area contributed by atoms with Gasteiger partial charge < -0.3 is 9.52 Å². The molecule has 114 valence electrons. The predicted octanol–water partition coefficient (Wildman–Crippen LogP) is 2.47. The van der Waals surface area contributed by atoms with Gasteiger partial charge >= 0.3 is 0 Å². The summed E-state index contributed by atoms with van der Waals surface area (Å²) in [5.74, 6) is 0.579. The zero-order valence-electron chi connectivity index (χ0n) is 12.1. The Morgan fingerprint density at radius 2 is 1.95 bits per heavy atom. The van der Waals surface area contributed by atoms with Crippen molar-refractivity contribution in [3.8, 4) is 11.5 Å². The van der Waals surface area contributed by atoms with E-state index in [1.54, 1.807) is 12.1 Å². The van der Waals surface area contributed by atoms with Crippen LogP contribution in [0.5, 0.6) is 0 Å². The highest BCUT2D eigenvalue weighted by Gasteiger charge is 2.12. The van der Waals surface area contributed by atoms with Crippen LogP contribution in [0.25, 0.3) is 11.5 Å². The largest absolute Gasteiger partial charge is 0.419 e. The van der Waals surface area contributed by atoms with Gasteiger partial charge in [-0.2, -0.15) is 0 Å². The minimum Gasteiger partial charge on any atom is -0.419 e.